The van der Waals surface area contributed by atoms with E-state index < -0.39 is 11.8 Å². The number of hydrogen-bond donors (Lipinski definition) is 2. The SMILES string of the molecule is Cc1cccc(N2CCN(CCCCNC(=O)c3ccc4c(c3)C(=O)NC4=O)CC2)c1. The molecule has 0 spiro atoms. The smallest absolute Gasteiger partial charge is 0.258 e. The summed E-state index contributed by atoms with van der Waals surface area (Å²) in [6, 6.07) is 13.3. The molecule has 0 aromatic heterocycles. The van der Waals surface area contributed by atoms with Gasteiger partial charge in [-0.15, -0.1) is 0 Å². The number of amides is 3. The van der Waals surface area contributed by atoms with Gasteiger partial charge in [-0.25, -0.2) is 0 Å². The van der Waals surface area contributed by atoms with Crippen LogP contribution in [0, 0.1) is 6.92 Å². The molecule has 2 aromatic rings. The average molecular weight is 421 g/mol. The predicted octanol–water partition coefficient (Wildman–Crippen LogP) is 2.21. The molecular formula is C24H28N4O3. The molecule has 2 aromatic carbocycles. The zero-order valence-corrected chi connectivity index (χ0v) is 17.8. The number of nitrogens with one attached hydrogen (secondary N) is 2. The van der Waals surface area contributed by atoms with Gasteiger partial charge in [0.05, 0.1) is 11.1 Å². The maximum Gasteiger partial charge on any atom is 0.258 e. The Kier molecular flexibility index (Phi) is 6.32. The fourth-order valence-electron chi connectivity index (χ4n) is 4.13. The molecule has 4 rings (SSSR count). The van der Waals surface area contributed by atoms with Crippen LogP contribution in [0.3, 0.4) is 0 Å². The summed E-state index contributed by atoms with van der Waals surface area (Å²) in [4.78, 5) is 40.6. The quantitative estimate of drug-likeness (QED) is 0.530. The monoisotopic (exact) mass is 420 g/mol. The number of aryl methyl sites for hydroxylation is 1. The first kappa shape index (κ1) is 21.1. The number of rotatable bonds is 7. The number of nitrogens with zero attached hydrogens (tertiary/aromatic N) is 2. The van der Waals surface area contributed by atoms with Gasteiger partial charge in [-0.1, -0.05) is 12.1 Å². The standard InChI is InChI=1S/C24H28N4O3/c1-17-5-4-6-19(15-17)28-13-11-27(12-14-28)10-3-2-9-25-22(29)18-7-8-20-21(16-18)24(31)26-23(20)30/h4-8,15-16H,2-3,9-14H2,1H3,(H,25,29)(H,26,30,31). The van der Waals surface area contributed by atoms with Crippen LogP contribution in [0.25, 0.3) is 0 Å². The molecule has 0 aliphatic carbocycles. The summed E-state index contributed by atoms with van der Waals surface area (Å²) in [5, 5.41) is 5.14. The number of anilines is 1. The van der Waals surface area contributed by atoms with Gasteiger partial charge >= 0.3 is 0 Å². The number of unbranched alkanes of at least 4 members (excludes halogenated alkanes) is 1. The first-order valence-electron chi connectivity index (χ1n) is 10.8. The van der Waals surface area contributed by atoms with E-state index in [1.165, 1.54) is 23.4 Å². The third kappa shape index (κ3) is 4.94. The Balaban J connectivity index is 1.15. The second kappa shape index (κ2) is 9.31. The second-order valence-electron chi connectivity index (χ2n) is 8.17. The van der Waals surface area contributed by atoms with Crippen LogP contribution in [-0.4, -0.2) is 61.9 Å². The molecule has 162 valence electrons. The minimum atomic E-state index is -0.447. The summed E-state index contributed by atoms with van der Waals surface area (Å²) < 4.78 is 0. The summed E-state index contributed by atoms with van der Waals surface area (Å²) in [7, 11) is 0. The number of fused-ring (bicyclic) bond motifs is 1. The predicted molar refractivity (Wildman–Crippen MR) is 120 cm³/mol. The van der Waals surface area contributed by atoms with Gasteiger partial charge in [-0.3, -0.25) is 24.6 Å². The molecule has 0 saturated carbocycles. The van der Waals surface area contributed by atoms with E-state index in [9.17, 15) is 14.4 Å². The molecule has 2 N–H and O–H groups in total. The van der Waals surface area contributed by atoms with Crippen LogP contribution in [0.2, 0.25) is 0 Å². The maximum absolute atomic E-state index is 12.3. The van der Waals surface area contributed by atoms with Crippen molar-refractivity contribution in [3.63, 3.8) is 0 Å². The maximum atomic E-state index is 12.3. The molecule has 0 bridgehead atoms. The fourth-order valence-corrected chi connectivity index (χ4v) is 4.13. The summed E-state index contributed by atoms with van der Waals surface area (Å²) >= 11 is 0. The first-order valence-corrected chi connectivity index (χ1v) is 10.8. The number of hydrogen-bond acceptors (Lipinski definition) is 5. The molecular weight excluding hydrogens is 392 g/mol. The average Bonchev–Trinajstić information content (AvgIpc) is 3.07. The van der Waals surface area contributed by atoms with Crippen molar-refractivity contribution < 1.29 is 14.4 Å². The minimum Gasteiger partial charge on any atom is -0.369 e. The van der Waals surface area contributed by atoms with Crippen LogP contribution in [0.4, 0.5) is 5.69 Å². The molecule has 2 heterocycles. The van der Waals surface area contributed by atoms with Gasteiger partial charge < -0.3 is 10.2 Å². The van der Waals surface area contributed by atoms with Crippen molar-refractivity contribution in [1.82, 2.24) is 15.5 Å². The van der Waals surface area contributed by atoms with Crippen molar-refractivity contribution in [2.75, 3.05) is 44.2 Å². The van der Waals surface area contributed by atoms with Crippen LogP contribution in [0.5, 0.6) is 0 Å². The highest BCUT2D eigenvalue weighted by molar-refractivity contribution is 6.22. The highest BCUT2D eigenvalue weighted by Crippen LogP contribution is 2.19. The van der Waals surface area contributed by atoms with Gasteiger partial charge in [0.15, 0.2) is 0 Å². The zero-order valence-electron chi connectivity index (χ0n) is 17.8. The Morgan fingerprint density at radius 2 is 1.74 bits per heavy atom. The van der Waals surface area contributed by atoms with Gasteiger partial charge in [0.25, 0.3) is 17.7 Å². The number of carbonyl (C=O) groups excluding carboxylic acids is 3. The number of imide groups is 1. The molecule has 31 heavy (non-hydrogen) atoms. The molecule has 3 amide bonds. The lowest BCUT2D eigenvalue weighted by Gasteiger charge is -2.36. The van der Waals surface area contributed by atoms with Crippen LogP contribution in [0.15, 0.2) is 42.5 Å². The minimum absolute atomic E-state index is 0.221. The van der Waals surface area contributed by atoms with Gasteiger partial charge in [0.1, 0.15) is 0 Å². The number of benzene rings is 2. The lowest BCUT2D eigenvalue weighted by atomic mass is 10.1. The van der Waals surface area contributed by atoms with Crippen molar-refractivity contribution in [3.05, 3.63) is 64.7 Å². The fraction of sp³-hybridized carbons (Fsp3) is 0.375. The normalized spacial score (nSPS) is 16.2. The number of piperazine rings is 1. The Morgan fingerprint density at radius 3 is 2.52 bits per heavy atom. The Morgan fingerprint density at radius 1 is 0.968 bits per heavy atom. The van der Waals surface area contributed by atoms with E-state index in [2.05, 4.69) is 51.6 Å². The van der Waals surface area contributed by atoms with E-state index in [1.807, 2.05) is 0 Å². The van der Waals surface area contributed by atoms with Gasteiger partial charge in [0, 0.05) is 44.0 Å². The van der Waals surface area contributed by atoms with Crippen molar-refractivity contribution in [3.8, 4) is 0 Å². The van der Waals surface area contributed by atoms with Crippen LogP contribution in [0.1, 0.15) is 49.5 Å². The molecule has 7 heteroatoms. The molecule has 2 aliphatic rings. The summed E-state index contributed by atoms with van der Waals surface area (Å²) in [6.07, 6.45) is 1.92. The second-order valence-corrected chi connectivity index (χ2v) is 8.17. The van der Waals surface area contributed by atoms with E-state index in [-0.39, 0.29) is 11.5 Å². The van der Waals surface area contributed by atoms with E-state index in [0.29, 0.717) is 17.7 Å². The van der Waals surface area contributed by atoms with Gasteiger partial charge in [-0.2, -0.15) is 0 Å². The summed E-state index contributed by atoms with van der Waals surface area (Å²) in [6.45, 7) is 7.92. The van der Waals surface area contributed by atoms with E-state index in [1.54, 1.807) is 6.07 Å². The molecule has 0 atom stereocenters. The van der Waals surface area contributed by atoms with Gasteiger partial charge in [0.2, 0.25) is 0 Å². The molecule has 1 saturated heterocycles. The van der Waals surface area contributed by atoms with Gasteiger partial charge in [-0.05, 0) is 62.2 Å². The zero-order chi connectivity index (χ0) is 21.8. The third-order valence-corrected chi connectivity index (χ3v) is 5.92. The van der Waals surface area contributed by atoms with E-state index in [0.717, 1.165) is 45.6 Å². The van der Waals surface area contributed by atoms with E-state index in [4.69, 9.17) is 0 Å². The van der Waals surface area contributed by atoms with Crippen LogP contribution >= 0.6 is 0 Å². The number of carbonyl (C=O) groups is 3. The lowest BCUT2D eigenvalue weighted by Crippen LogP contribution is -2.46. The highest BCUT2D eigenvalue weighted by Gasteiger charge is 2.27. The Labute approximate surface area is 182 Å². The molecule has 1 fully saturated rings. The summed E-state index contributed by atoms with van der Waals surface area (Å²) in [5.41, 5.74) is 3.58. The highest BCUT2D eigenvalue weighted by atomic mass is 16.2. The molecule has 0 radical (unpaired) electrons. The first-order chi connectivity index (χ1) is 15.0. The Bertz CT molecular complexity index is 996. The molecule has 7 nitrogen and oxygen atoms in total. The topological polar surface area (TPSA) is 81.8 Å². The van der Waals surface area contributed by atoms with Crippen molar-refractivity contribution in [2.45, 2.75) is 19.8 Å². The lowest BCUT2D eigenvalue weighted by molar-refractivity contribution is 0.0878. The van der Waals surface area contributed by atoms with E-state index >= 15 is 0 Å². The van der Waals surface area contributed by atoms with Crippen molar-refractivity contribution >= 4 is 23.4 Å². The largest absolute Gasteiger partial charge is 0.369 e. The van der Waals surface area contributed by atoms with Crippen LogP contribution in [-0.2, 0) is 0 Å². The van der Waals surface area contributed by atoms with Crippen molar-refractivity contribution in [1.29, 1.82) is 0 Å². The summed E-state index contributed by atoms with van der Waals surface area (Å²) in [5.74, 6) is -1.08. The third-order valence-electron chi connectivity index (χ3n) is 5.92. The van der Waals surface area contributed by atoms with Crippen LogP contribution < -0.4 is 15.5 Å². The molecule has 0 unspecified atom stereocenters. The Hall–Kier alpha value is -3.19. The van der Waals surface area contributed by atoms with Crippen molar-refractivity contribution in [2.24, 2.45) is 0 Å². The molecule has 2 aliphatic heterocycles.